The van der Waals surface area contributed by atoms with Gasteiger partial charge in [-0.25, -0.2) is 4.79 Å². The lowest BCUT2D eigenvalue weighted by Gasteiger charge is -2.14. The average molecular weight is 615 g/mol. The number of amides is 2. The second-order valence-corrected chi connectivity index (χ2v) is 12.3. The van der Waals surface area contributed by atoms with Crippen LogP contribution in [0.3, 0.4) is 0 Å². The lowest BCUT2D eigenvalue weighted by Crippen LogP contribution is -2.25. The second-order valence-electron chi connectivity index (χ2n) is 9.88. The fourth-order valence-electron chi connectivity index (χ4n) is 4.62. The summed E-state index contributed by atoms with van der Waals surface area (Å²) in [6.07, 6.45) is 4.40. The fraction of sp³-hybridized carbons (Fsp3) is 0.464. The Balaban J connectivity index is 1.46. The highest BCUT2D eigenvalue weighted by Crippen LogP contribution is 2.40. The molecule has 0 unspecified atom stereocenters. The van der Waals surface area contributed by atoms with Crippen molar-refractivity contribution in [1.29, 1.82) is 0 Å². The fourth-order valence-corrected chi connectivity index (χ4v) is 6.80. The molecule has 1 atom stereocenters. The van der Waals surface area contributed by atoms with Crippen molar-refractivity contribution < 1.29 is 24.0 Å². The maximum absolute atomic E-state index is 13.2. The normalized spacial score (nSPS) is 13.0. The van der Waals surface area contributed by atoms with E-state index in [2.05, 4.69) is 27.8 Å². The quantitative estimate of drug-likeness (QED) is 0.116. The number of fused-ring (bicyclic) bond motifs is 1. The van der Waals surface area contributed by atoms with Gasteiger partial charge in [0.2, 0.25) is 5.91 Å². The first-order valence-electron chi connectivity index (χ1n) is 13.9. The van der Waals surface area contributed by atoms with Gasteiger partial charge in [0.05, 0.1) is 28.9 Å². The van der Waals surface area contributed by atoms with Crippen LogP contribution in [0.2, 0.25) is 0 Å². The Morgan fingerprint density at radius 1 is 1.24 bits per heavy atom. The van der Waals surface area contributed by atoms with E-state index in [0.717, 1.165) is 42.5 Å². The number of hydrogen-bond acceptors (Lipinski definition) is 10. The van der Waals surface area contributed by atoms with Gasteiger partial charge in [-0.3, -0.25) is 19.7 Å². The zero-order valence-electron chi connectivity index (χ0n) is 24.0. The van der Waals surface area contributed by atoms with Gasteiger partial charge < -0.3 is 19.9 Å². The highest BCUT2D eigenvalue weighted by molar-refractivity contribution is 8.00. The van der Waals surface area contributed by atoms with Crippen LogP contribution in [-0.4, -0.2) is 49.3 Å². The van der Waals surface area contributed by atoms with Crippen LogP contribution in [0.4, 0.5) is 10.7 Å². The number of benzene rings is 1. The highest BCUT2D eigenvalue weighted by Gasteiger charge is 2.30. The maximum atomic E-state index is 13.2. The molecule has 0 spiro atoms. The summed E-state index contributed by atoms with van der Waals surface area (Å²) in [6, 6.07) is 4.33. The maximum Gasteiger partial charge on any atom is 0.341 e. The molecule has 2 N–H and O–H groups in total. The molecule has 0 saturated carbocycles. The predicted octanol–water partition coefficient (Wildman–Crippen LogP) is 5.07. The van der Waals surface area contributed by atoms with E-state index in [-0.39, 0.29) is 30.3 Å². The number of carbonyl (C=O) groups excluding carboxylic acids is 3. The SMILES string of the molecule is CCCCn1c(CNC(=O)c2ccc(C)c([N+](=O)[O-])c2)nnc1S[C@@H](C)C(=O)Nc1sc2c(c1C(=O)OCC)CCC2. The molecule has 0 radical (unpaired) electrons. The van der Waals surface area contributed by atoms with Gasteiger partial charge in [0.15, 0.2) is 11.0 Å². The molecule has 4 rings (SSSR count). The van der Waals surface area contributed by atoms with Gasteiger partial charge in [0, 0.05) is 28.6 Å². The number of thioether (sulfide) groups is 1. The van der Waals surface area contributed by atoms with Crippen LogP contribution in [0, 0.1) is 17.0 Å². The molecule has 1 aliphatic carbocycles. The van der Waals surface area contributed by atoms with Crippen LogP contribution < -0.4 is 10.6 Å². The summed E-state index contributed by atoms with van der Waals surface area (Å²) in [6.45, 7) is 8.08. The van der Waals surface area contributed by atoms with Crippen LogP contribution in [0.25, 0.3) is 0 Å². The van der Waals surface area contributed by atoms with Gasteiger partial charge in [-0.05, 0) is 58.1 Å². The first-order valence-corrected chi connectivity index (χ1v) is 15.6. The summed E-state index contributed by atoms with van der Waals surface area (Å²) in [7, 11) is 0. The standard InChI is InChI=1S/C28H34N6O6S2/c1-5-7-13-33-22(15-29-25(36)18-12-11-16(3)20(14-18)34(38)39)31-32-28(33)41-17(4)24(35)30-26-23(27(37)40-6-2)19-9-8-10-21(19)42-26/h11-12,14,17H,5-10,13,15H2,1-4H3,(H,29,36)(H,30,35)/t17-/m0/s1. The molecule has 0 fully saturated rings. The number of aryl methyl sites for hydroxylation is 2. The summed E-state index contributed by atoms with van der Waals surface area (Å²) < 4.78 is 7.14. The van der Waals surface area contributed by atoms with Gasteiger partial charge >= 0.3 is 5.97 Å². The van der Waals surface area contributed by atoms with Gasteiger partial charge in [0.25, 0.3) is 11.6 Å². The van der Waals surface area contributed by atoms with E-state index < -0.39 is 22.0 Å². The van der Waals surface area contributed by atoms with Crippen molar-refractivity contribution >= 4 is 51.6 Å². The molecule has 2 aromatic heterocycles. The smallest absolute Gasteiger partial charge is 0.341 e. The summed E-state index contributed by atoms with van der Waals surface area (Å²) in [5.74, 6) is -0.650. The molecule has 0 saturated heterocycles. The number of nitrogens with zero attached hydrogens (tertiary/aromatic N) is 4. The number of rotatable bonds is 13. The van der Waals surface area contributed by atoms with Gasteiger partial charge in [-0.15, -0.1) is 21.5 Å². The lowest BCUT2D eigenvalue weighted by atomic mass is 10.1. The summed E-state index contributed by atoms with van der Waals surface area (Å²) in [5, 5.41) is 26.0. The molecule has 1 aliphatic rings. The van der Waals surface area contributed by atoms with Crippen LogP contribution in [-0.2, 0) is 35.5 Å². The molecule has 1 aromatic carbocycles. The van der Waals surface area contributed by atoms with E-state index in [1.165, 1.54) is 41.3 Å². The third-order valence-corrected chi connectivity index (χ3v) is 9.18. The molecule has 2 amide bonds. The number of carbonyl (C=O) groups is 3. The molecule has 14 heteroatoms. The van der Waals surface area contributed by atoms with Gasteiger partial charge in [0.1, 0.15) is 5.00 Å². The molecular weight excluding hydrogens is 580 g/mol. The van der Waals surface area contributed by atoms with Crippen molar-refractivity contribution in [2.24, 2.45) is 0 Å². The molecule has 224 valence electrons. The first kappa shape index (κ1) is 31.2. The summed E-state index contributed by atoms with van der Waals surface area (Å²) in [5.41, 5.74) is 1.95. The second kappa shape index (κ2) is 13.9. The Labute approximate surface area is 251 Å². The van der Waals surface area contributed by atoms with Crippen molar-refractivity contribution in [2.45, 2.75) is 83.3 Å². The number of thiophene rings is 1. The Morgan fingerprint density at radius 3 is 2.74 bits per heavy atom. The van der Waals surface area contributed by atoms with Crippen LogP contribution >= 0.6 is 23.1 Å². The molecule has 0 bridgehead atoms. The van der Waals surface area contributed by atoms with E-state index in [4.69, 9.17) is 4.74 Å². The highest BCUT2D eigenvalue weighted by atomic mass is 32.2. The molecule has 42 heavy (non-hydrogen) atoms. The average Bonchev–Trinajstić information content (AvgIpc) is 3.65. The minimum atomic E-state index is -0.558. The number of nitrogens with one attached hydrogen (secondary N) is 2. The first-order chi connectivity index (χ1) is 20.1. The largest absolute Gasteiger partial charge is 0.462 e. The summed E-state index contributed by atoms with van der Waals surface area (Å²) in [4.78, 5) is 50.6. The Hall–Kier alpha value is -3.78. The van der Waals surface area contributed by atoms with Gasteiger partial charge in [-0.1, -0.05) is 31.2 Å². The number of unbranched alkanes of at least 4 members (excludes halogenated alkanes) is 1. The zero-order valence-corrected chi connectivity index (χ0v) is 25.7. The van der Waals surface area contributed by atoms with Crippen LogP contribution in [0.1, 0.15) is 82.6 Å². The third kappa shape index (κ3) is 6.98. The molecule has 2 heterocycles. The number of anilines is 1. The van der Waals surface area contributed by atoms with E-state index in [0.29, 0.717) is 33.7 Å². The monoisotopic (exact) mass is 614 g/mol. The third-order valence-electron chi connectivity index (χ3n) is 6.89. The Bertz CT molecular complexity index is 1500. The van der Waals surface area contributed by atoms with Crippen molar-refractivity contribution in [3.63, 3.8) is 0 Å². The number of aromatic nitrogens is 3. The molecule has 3 aromatic rings. The number of nitro groups is 1. The van der Waals surface area contributed by atoms with Crippen LogP contribution in [0.15, 0.2) is 23.4 Å². The molecular formula is C28H34N6O6S2. The topological polar surface area (TPSA) is 158 Å². The minimum absolute atomic E-state index is 0.0575. The zero-order chi connectivity index (χ0) is 30.4. The molecule has 0 aliphatic heterocycles. The lowest BCUT2D eigenvalue weighted by molar-refractivity contribution is -0.385. The van der Waals surface area contributed by atoms with Crippen molar-refractivity contribution in [1.82, 2.24) is 20.1 Å². The number of esters is 1. The van der Waals surface area contributed by atoms with Crippen molar-refractivity contribution in [3.05, 3.63) is 61.3 Å². The molecule has 12 nitrogen and oxygen atoms in total. The Kier molecular flexibility index (Phi) is 10.3. The number of nitro benzene ring substituents is 1. The number of hydrogen-bond donors (Lipinski definition) is 2. The van der Waals surface area contributed by atoms with E-state index in [1.807, 2.05) is 4.57 Å². The van der Waals surface area contributed by atoms with E-state index in [9.17, 15) is 24.5 Å². The minimum Gasteiger partial charge on any atom is -0.462 e. The van der Waals surface area contributed by atoms with Crippen molar-refractivity contribution in [2.75, 3.05) is 11.9 Å². The van der Waals surface area contributed by atoms with Gasteiger partial charge in [-0.2, -0.15) is 0 Å². The summed E-state index contributed by atoms with van der Waals surface area (Å²) >= 11 is 2.67. The van der Waals surface area contributed by atoms with E-state index in [1.54, 1.807) is 20.8 Å². The van der Waals surface area contributed by atoms with Crippen molar-refractivity contribution in [3.8, 4) is 0 Å². The van der Waals surface area contributed by atoms with Crippen LogP contribution in [0.5, 0.6) is 0 Å². The predicted molar refractivity (Wildman–Crippen MR) is 160 cm³/mol. The Morgan fingerprint density at radius 2 is 2.02 bits per heavy atom. The van der Waals surface area contributed by atoms with E-state index >= 15 is 0 Å². The number of ether oxygens (including phenoxy) is 1.